The molecule has 0 aromatic heterocycles. The molecule has 1 aliphatic carbocycles. The number of benzene rings is 1. The molecule has 0 N–H and O–H groups in total. The third kappa shape index (κ3) is 4.56. The van der Waals surface area contributed by atoms with Crippen molar-refractivity contribution in [2.24, 2.45) is 5.92 Å². The Labute approximate surface area is 212 Å². The minimum atomic E-state index is -1.15. The third-order valence-corrected chi connectivity index (χ3v) is 8.67. The monoisotopic (exact) mass is 495 g/mol. The predicted molar refractivity (Wildman–Crippen MR) is 133 cm³/mol. The number of likely N-dealkylation sites (tertiary alicyclic amines) is 2. The number of hydrogen-bond acceptors (Lipinski definition) is 5. The molecular formula is C28H37N3O5. The molecule has 0 spiro atoms. The number of carbonyl (C=O) groups excluding carboxylic acids is 4. The zero-order valence-corrected chi connectivity index (χ0v) is 21.2. The Balaban J connectivity index is 1.32. The number of ether oxygens (including phenoxy) is 1. The minimum Gasteiger partial charge on any atom is -0.378 e. The highest BCUT2D eigenvalue weighted by atomic mass is 16.5. The van der Waals surface area contributed by atoms with Gasteiger partial charge >= 0.3 is 0 Å². The van der Waals surface area contributed by atoms with Crippen LogP contribution >= 0.6 is 0 Å². The number of amides is 4. The normalized spacial score (nSPS) is 26.2. The van der Waals surface area contributed by atoms with Crippen molar-refractivity contribution >= 4 is 23.6 Å². The molecule has 1 atom stereocenters. The van der Waals surface area contributed by atoms with E-state index < -0.39 is 5.41 Å². The summed E-state index contributed by atoms with van der Waals surface area (Å²) in [6.45, 7) is 5.36. The van der Waals surface area contributed by atoms with Gasteiger partial charge < -0.3 is 14.5 Å². The molecule has 1 aromatic rings. The summed E-state index contributed by atoms with van der Waals surface area (Å²) in [5.74, 6) is -0.391. The molecule has 1 aromatic carbocycles. The van der Waals surface area contributed by atoms with Crippen molar-refractivity contribution in [3.8, 4) is 0 Å². The number of nitrogens with zero attached hydrogens (tertiary/aromatic N) is 3. The van der Waals surface area contributed by atoms with Crippen LogP contribution in [0.5, 0.6) is 0 Å². The Morgan fingerprint density at radius 1 is 0.944 bits per heavy atom. The lowest BCUT2D eigenvalue weighted by molar-refractivity contribution is -0.146. The smallest absolute Gasteiger partial charge is 0.241 e. The Morgan fingerprint density at radius 3 is 2.28 bits per heavy atom. The molecule has 5 rings (SSSR count). The molecule has 0 unspecified atom stereocenters. The van der Waals surface area contributed by atoms with Gasteiger partial charge in [-0.1, -0.05) is 37.1 Å². The average molecular weight is 496 g/mol. The summed E-state index contributed by atoms with van der Waals surface area (Å²) >= 11 is 0. The number of rotatable bonds is 5. The van der Waals surface area contributed by atoms with Gasteiger partial charge in [0, 0.05) is 51.0 Å². The van der Waals surface area contributed by atoms with E-state index in [4.69, 9.17) is 4.74 Å². The molecule has 0 bridgehead atoms. The van der Waals surface area contributed by atoms with Crippen molar-refractivity contribution < 1.29 is 23.9 Å². The van der Waals surface area contributed by atoms with Crippen LogP contribution in [0.3, 0.4) is 0 Å². The molecule has 4 amide bonds. The van der Waals surface area contributed by atoms with E-state index in [0.717, 1.165) is 36.8 Å². The molecule has 8 nitrogen and oxygen atoms in total. The van der Waals surface area contributed by atoms with Crippen molar-refractivity contribution in [1.29, 1.82) is 0 Å². The Hall–Kier alpha value is -2.74. The van der Waals surface area contributed by atoms with Gasteiger partial charge in [-0.15, -0.1) is 0 Å². The first-order valence-corrected chi connectivity index (χ1v) is 13.5. The van der Waals surface area contributed by atoms with E-state index in [0.29, 0.717) is 52.2 Å². The third-order valence-electron chi connectivity index (χ3n) is 8.67. The Kier molecular flexibility index (Phi) is 7.15. The SMILES string of the molecule is Cc1ccccc1[C@]1(CC(=O)N2CCC(C(=O)N3CCOCC3)CC2)CC(=O)N(C2CCCC2)C1=O. The topological polar surface area (TPSA) is 87.2 Å². The minimum absolute atomic E-state index is 0.00623. The number of morpholine rings is 1. The maximum Gasteiger partial charge on any atom is 0.241 e. The first-order chi connectivity index (χ1) is 17.4. The van der Waals surface area contributed by atoms with E-state index in [-0.39, 0.29) is 48.4 Å². The first kappa shape index (κ1) is 24.9. The average Bonchev–Trinajstić information content (AvgIpc) is 3.50. The highest BCUT2D eigenvalue weighted by molar-refractivity contribution is 6.11. The lowest BCUT2D eigenvalue weighted by atomic mass is 9.73. The summed E-state index contributed by atoms with van der Waals surface area (Å²) < 4.78 is 5.36. The second-order valence-electron chi connectivity index (χ2n) is 10.9. The van der Waals surface area contributed by atoms with E-state index in [1.165, 1.54) is 4.90 Å². The van der Waals surface area contributed by atoms with Crippen LogP contribution in [-0.4, -0.2) is 83.8 Å². The quantitative estimate of drug-likeness (QED) is 0.586. The van der Waals surface area contributed by atoms with Crippen LogP contribution in [0, 0.1) is 12.8 Å². The van der Waals surface area contributed by atoms with Gasteiger partial charge in [0.05, 0.1) is 18.6 Å². The van der Waals surface area contributed by atoms with Crippen LogP contribution in [0.4, 0.5) is 0 Å². The lowest BCUT2D eigenvalue weighted by Gasteiger charge is -2.37. The van der Waals surface area contributed by atoms with Crippen molar-refractivity contribution in [1.82, 2.24) is 14.7 Å². The van der Waals surface area contributed by atoms with Crippen LogP contribution in [0.15, 0.2) is 24.3 Å². The van der Waals surface area contributed by atoms with E-state index in [1.807, 2.05) is 36.1 Å². The number of carbonyl (C=O) groups is 4. The van der Waals surface area contributed by atoms with Gasteiger partial charge in [0.2, 0.25) is 23.6 Å². The molecule has 194 valence electrons. The summed E-state index contributed by atoms with van der Waals surface area (Å²) in [5.41, 5.74) is 0.562. The van der Waals surface area contributed by atoms with Crippen LogP contribution in [0.25, 0.3) is 0 Å². The van der Waals surface area contributed by atoms with Gasteiger partial charge in [-0.3, -0.25) is 24.1 Å². The lowest BCUT2D eigenvalue weighted by Crippen LogP contribution is -2.49. The maximum atomic E-state index is 14.0. The summed E-state index contributed by atoms with van der Waals surface area (Å²) in [6.07, 6.45) is 5.03. The summed E-state index contributed by atoms with van der Waals surface area (Å²) in [4.78, 5) is 58.9. The maximum absolute atomic E-state index is 14.0. The van der Waals surface area contributed by atoms with Crippen LogP contribution < -0.4 is 0 Å². The molecule has 3 aliphatic heterocycles. The van der Waals surface area contributed by atoms with Crippen molar-refractivity contribution in [2.75, 3.05) is 39.4 Å². The molecule has 4 aliphatic rings. The zero-order chi connectivity index (χ0) is 25.3. The highest BCUT2D eigenvalue weighted by Crippen LogP contribution is 2.44. The van der Waals surface area contributed by atoms with Gasteiger partial charge in [0.15, 0.2) is 0 Å². The fourth-order valence-corrected chi connectivity index (χ4v) is 6.64. The van der Waals surface area contributed by atoms with Crippen LogP contribution in [-0.2, 0) is 29.3 Å². The van der Waals surface area contributed by atoms with Crippen LogP contribution in [0.2, 0.25) is 0 Å². The fourth-order valence-electron chi connectivity index (χ4n) is 6.64. The zero-order valence-electron chi connectivity index (χ0n) is 21.2. The van der Waals surface area contributed by atoms with Gasteiger partial charge in [0.25, 0.3) is 0 Å². The molecule has 3 heterocycles. The molecule has 8 heteroatoms. The molecule has 0 radical (unpaired) electrons. The molecule has 36 heavy (non-hydrogen) atoms. The second-order valence-corrected chi connectivity index (χ2v) is 10.9. The summed E-state index contributed by atoms with van der Waals surface area (Å²) in [6, 6.07) is 7.60. The standard InChI is InChI=1S/C28H37N3O5/c1-20-6-2-5-9-23(20)28(19-25(33)31(27(28)35)22-7-3-4-8-22)18-24(32)29-12-10-21(11-13-29)26(34)30-14-16-36-17-15-30/h2,5-6,9,21-22H,3-4,7-8,10-19H2,1H3/t28-/m0/s1. The van der Waals surface area contributed by atoms with E-state index in [9.17, 15) is 19.2 Å². The second kappa shape index (κ2) is 10.3. The Bertz CT molecular complexity index is 1020. The van der Waals surface area contributed by atoms with Crippen molar-refractivity contribution in [3.63, 3.8) is 0 Å². The van der Waals surface area contributed by atoms with Crippen molar-refractivity contribution in [3.05, 3.63) is 35.4 Å². The molecule has 1 saturated carbocycles. The number of hydrogen-bond donors (Lipinski definition) is 0. The highest BCUT2D eigenvalue weighted by Gasteiger charge is 2.56. The predicted octanol–water partition coefficient (Wildman–Crippen LogP) is 2.42. The van der Waals surface area contributed by atoms with Gasteiger partial charge in [0.1, 0.15) is 0 Å². The largest absolute Gasteiger partial charge is 0.378 e. The van der Waals surface area contributed by atoms with E-state index >= 15 is 0 Å². The fraction of sp³-hybridized carbons (Fsp3) is 0.643. The molecule has 4 fully saturated rings. The summed E-state index contributed by atoms with van der Waals surface area (Å²) in [5, 5.41) is 0. The summed E-state index contributed by atoms with van der Waals surface area (Å²) in [7, 11) is 0. The first-order valence-electron chi connectivity index (χ1n) is 13.5. The van der Waals surface area contributed by atoms with E-state index in [1.54, 1.807) is 4.90 Å². The van der Waals surface area contributed by atoms with Crippen LogP contribution in [0.1, 0.15) is 62.5 Å². The number of aryl methyl sites for hydroxylation is 1. The number of imide groups is 1. The molecular weight excluding hydrogens is 458 g/mol. The number of piperidine rings is 1. The van der Waals surface area contributed by atoms with Gasteiger partial charge in [-0.25, -0.2) is 0 Å². The van der Waals surface area contributed by atoms with Gasteiger partial charge in [-0.2, -0.15) is 0 Å². The van der Waals surface area contributed by atoms with E-state index in [2.05, 4.69) is 0 Å². The van der Waals surface area contributed by atoms with Gasteiger partial charge in [-0.05, 0) is 43.7 Å². The van der Waals surface area contributed by atoms with Crippen molar-refractivity contribution in [2.45, 2.75) is 69.7 Å². The Morgan fingerprint density at radius 2 is 1.61 bits per heavy atom. The molecule has 3 saturated heterocycles.